The van der Waals surface area contributed by atoms with Crippen molar-refractivity contribution in [3.63, 3.8) is 0 Å². The van der Waals surface area contributed by atoms with E-state index in [1.54, 1.807) is 7.11 Å². The van der Waals surface area contributed by atoms with E-state index in [0.29, 0.717) is 6.61 Å². The van der Waals surface area contributed by atoms with E-state index in [1.807, 2.05) is 13.8 Å². The molecule has 4 nitrogen and oxygen atoms in total. The molecule has 0 aromatic heterocycles. The van der Waals surface area contributed by atoms with Gasteiger partial charge in [-0.1, -0.05) is 13.3 Å². The van der Waals surface area contributed by atoms with E-state index in [2.05, 4.69) is 5.32 Å². The van der Waals surface area contributed by atoms with Gasteiger partial charge in [-0.2, -0.15) is 0 Å². The molecular weight excluding hydrogens is 204 g/mol. The summed E-state index contributed by atoms with van der Waals surface area (Å²) in [6.45, 7) is 4.58. The highest BCUT2D eigenvalue weighted by Crippen LogP contribution is 2.36. The first-order chi connectivity index (χ1) is 7.54. The van der Waals surface area contributed by atoms with Crippen molar-refractivity contribution in [2.45, 2.75) is 51.6 Å². The van der Waals surface area contributed by atoms with Crippen molar-refractivity contribution in [3.05, 3.63) is 0 Å². The first-order valence-electron chi connectivity index (χ1n) is 6.10. The highest BCUT2D eigenvalue weighted by Gasteiger charge is 2.43. The van der Waals surface area contributed by atoms with Crippen LogP contribution in [-0.4, -0.2) is 31.7 Å². The minimum atomic E-state index is -0.388. The van der Waals surface area contributed by atoms with Crippen molar-refractivity contribution in [1.82, 2.24) is 5.32 Å². The van der Waals surface area contributed by atoms with Crippen molar-refractivity contribution in [2.75, 3.05) is 13.7 Å². The van der Waals surface area contributed by atoms with Gasteiger partial charge in [-0.15, -0.1) is 0 Å². The molecule has 1 aliphatic rings. The minimum absolute atomic E-state index is 0.00690. The standard InChI is InChI=1S/C12H24N2O2/c1-4-9(8-16-3)14-11(15)12(2)7-5-6-10(12)13/h9-10H,4-8,13H2,1-3H3,(H,14,15). The lowest BCUT2D eigenvalue weighted by atomic mass is 9.84. The SMILES string of the molecule is CCC(COC)NC(=O)C1(C)CCCC1N. The lowest BCUT2D eigenvalue weighted by Crippen LogP contribution is -2.51. The van der Waals surface area contributed by atoms with Gasteiger partial charge in [-0.3, -0.25) is 4.79 Å². The Kier molecular flexibility index (Phi) is 4.74. The molecule has 1 rings (SSSR count). The van der Waals surface area contributed by atoms with Gasteiger partial charge in [0.2, 0.25) is 5.91 Å². The maximum atomic E-state index is 12.2. The van der Waals surface area contributed by atoms with Crippen LogP contribution in [0.3, 0.4) is 0 Å². The zero-order valence-corrected chi connectivity index (χ0v) is 10.6. The lowest BCUT2D eigenvalue weighted by molar-refractivity contribution is -0.131. The van der Waals surface area contributed by atoms with Gasteiger partial charge in [0.05, 0.1) is 18.1 Å². The molecule has 0 aromatic rings. The summed E-state index contributed by atoms with van der Waals surface area (Å²) in [6.07, 6.45) is 3.77. The van der Waals surface area contributed by atoms with Crippen LogP contribution in [0.25, 0.3) is 0 Å². The second-order valence-electron chi connectivity index (χ2n) is 4.95. The maximum absolute atomic E-state index is 12.2. The zero-order valence-electron chi connectivity index (χ0n) is 10.6. The summed E-state index contributed by atoms with van der Waals surface area (Å²) in [7, 11) is 1.65. The molecule has 3 atom stereocenters. The first-order valence-corrected chi connectivity index (χ1v) is 6.10. The molecule has 1 amide bonds. The molecule has 1 aliphatic carbocycles. The van der Waals surface area contributed by atoms with Crippen LogP contribution < -0.4 is 11.1 Å². The molecule has 0 spiro atoms. The Labute approximate surface area is 97.9 Å². The summed E-state index contributed by atoms with van der Waals surface area (Å²) in [5, 5.41) is 3.04. The number of nitrogens with two attached hydrogens (primary N) is 1. The van der Waals surface area contributed by atoms with E-state index in [4.69, 9.17) is 10.5 Å². The Morgan fingerprint density at radius 1 is 1.69 bits per heavy atom. The molecule has 1 fully saturated rings. The highest BCUT2D eigenvalue weighted by molar-refractivity contribution is 5.83. The number of hydrogen-bond acceptors (Lipinski definition) is 3. The molecule has 0 saturated heterocycles. The smallest absolute Gasteiger partial charge is 0.227 e. The number of hydrogen-bond donors (Lipinski definition) is 2. The second-order valence-corrected chi connectivity index (χ2v) is 4.95. The topological polar surface area (TPSA) is 64.3 Å². The highest BCUT2D eigenvalue weighted by atomic mass is 16.5. The van der Waals surface area contributed by atoms with E-state index in [9.17, 15) is 4.79 Å². The monoisotopic (exact) mass is 228 g/mol. The molecule has 4 heteroatoms. The third kappa shape index (κ3) is 2.74. The summed E-state index contributed by atoms with van der Waals surface area (Å²) < 4.78 is 5.07. The van der Waals surface area contributed by atoms with Crippen LogP contribution in [0.15, 0.2) is 0 Å². The minimum Gasteiger partial charge on any atom is -0.383 e. The largest absolute Gasteiger partial charge is 0.383 e. The molecule has 0 aromatic carbocycles. The summed E-state index contributed by atoms with van der Waals surface area (Å²) in [5.41, 5.74) is 5.63. The summed E-state index contributed by atoms with van der Waals surface area (Å²) in [5.74, 6) is 0.0846. The van der Waals surface area contributed by atoms with Crippen LogP contribution in [0.1, 0.15) is 39.5 Å². The average Bonchev–Trinajstić information content (AvgIpc) is 2.60. The lowest BCUT2D eigenvalue weighted by Gasteiger charge is -2.29. The van der Waals surface area contributed by atoms with Crippen molar-refractivity contribution in [1.29, 1.82) is 0 Å². The summed E-state index contributed by atoms with van der Waals surface area (Å²) >= 11 is 0. The van der Waals surface area contributed by atoms with Crippen molar-refractivity contribution in [3.8, 4) is 0 Å². The van der Waals surface area contributed by atoms with E-state index in [-0.39, 0.29) is 23.4 Å². The van der Waals surface area contributed by atoms with Gasteiger partial charge in [0.25, 0.3) is 0 Å². The number of methoxy groups -OCH3 is 1. The second kappa shape index (κ2) is 5.64. The number of amides is 1. The molecule has 0 heterocycles. The van der Waals surface area contributed by atoms with Gasteiger partial charge in [0.1, 0.15) is 0 Å². The molecule has 3 unspecified atom stereocenters. The molecule has 94 valence electrons. The van der Waals surface area contributed by atoms with Gasteiger partial charge in [-0.05, 0) is 26.2 Å². The molecular formula is C12H24N2O2. The fourth-order valence-electron chi connectivity index (χ4n) is 2.29. The van der Waals surface area contributed by atoms with Crippen LogP contribution in [-0.2, 0) is 9.53 Å². The van der Waals surface area contributed by atoms with E-state index < -0.39 is 0 Å². The zero-order chi connectivity index (χ0) is 12.2. The summed E-state index contributed by atoms with van der Waals surface area (Å²) in [6, 6.07) is 0.0923. The van der Waals surface area contributed by atoms with Crippen molar-refractivity contribution < 1.29 is 9.53 Å². The Hall–Kier alpha value is -0.610. The number of ether oxygens (including phenoxy) is 1. The molecule has 1 saturated carbocycles. The predicted octanol–water partition coefficient (Wildman–Crippen LogP) is 1.05. The third-order valence-corrected chi connectivity index (χ3v) is 3.74. The Morgan fingerprint density at radius 3 is 2.81 bits per heavy atom. The predicted molar refractivity (Wildman–Crippen MR) is 64.0 cm³/mol. The van der Waals surface area contributed by atoms with E-state index >= 15 is 0 Å². The first kappa shape index (κ1) is 13.5. The summed E-state index contributed by atoms with van der Waals surface area (Å²) in [4.78, 5) is 12.2. The quantitative estimate of drug-likeness (QED) is 0.739. The van der Waals surface area contributed by atoms with Crippen LogP contribution in [0.4, 0.5) is 0 Å². The number of carbonyl (C=O) groups excluding carboxylic acids is 1. The molecule has 16 heavy (non-hydrogen) atoms. The van der Waals surface area contributed by atoms with Gasteiger partial charge in [0, 0.05) is 13.2 Å². The Balaban J connectivity index is 2.56. The van der Waals surface area contributed by atoms with Gasteiger partial charge in [-0.25, -0.2) is 0 Å². The number of carbonyl (C=O) groups is 1. The van der Waals surface area contributed by atoms with Crippen LogP contribution in [0.2, 0.25) is 0 Å². The third-order valence-electron chi connectivity index (χ3n) is 3.74. The average molecular weight is 228 g/mol. The van der Waals surface area contributed by atoms with Crippen LogP contribution >= 0.6 is 0 Å². The number of nitrogens with one attached hydrogen (secondary N) is 1. The van der Waals surface area contributed by atoms with Gasteiger partial charge >= 0.3 is 0 Å². The van der Waals surface area contributed by atoms with Crippen LogP contribution in [0, 0.1) is 5.41 Å². The number of rotatable bonds is 5. The van der Waals surface area contributed by atoms with Crippen molar-refractivity contribution in [2.24, 2.45) is 11.1 Å². The molecule has 3 N–H and O–H groups in total. The normalized spacial score (nSPS) is 31.4. The van der Waals surface area contributed by atoms with E-state index in [0.717, 1.165) is 25.7 Å². The molecule has 0 bridgehead atoms. The van der Waals surface area contributed by atoms with Crippen LogP contribution in [0.5, 0.6) is 0 Å². The maximum Gasteiger partial charge on any atom is 0.227 e. The Bertz CT molecular complexity index is 245. The molecule has 0 aliphatic heterocycles. The van der Waals surface area contributed by atoms with E-state index in [1.165, 1.54) is 0 Å². The van der Waals surface area contributed by atoms with Gasteiger partial charge in [0.15, 0.2) is 0 Å². The van der Waals surface area contributed by atoms with Crippen molar-refractivity contribution >= 4 is 5.91 Å². The fraction of sp³-hybridized carbons (Fsp3) is 0.917. The Morgan fingerprint density at radius 2 is 2.38 bits per heavy atom. The van der Waals surface area contributed by atoms with Gasteiger partial charge < -0.3 is 15.8 Å². The molecule has 0 radical (unpaired) electrons. The fourth-order valence-corrected chi connectivity index (χ4v) is 2.29.